The lowest BCUT2D eigenvalue weighted by Crippen LogP contribution is -2.32. The van der Waals surface area contributed by atoms with Gasteiger partial charge in [-0.3, -0.25) is 4.79 Å². The molecule has 0 amide bonds. The standard InChI is InChI=1S/C18H17FN2O3/c1-21-16-5-3-2-4-13(16)14(10-15(20)18(22)23)17(21)24-12-8-6-11(19)7-9-12/h2-9,15H,10,20H2,1H3,(H,22,23). The molecule has 6 heteroatoms. The molecule has 1 unspecified atom stereocenters. The van der Waals surface area contributed by atoms with Gasteiger partial charge >= 0.3 is 5.97 Å². The highest BCUT2D eigenvalue weighted by Gasteiger charge is 2.22. The van der Waals surface area contributed by atoms with Gasteiger partial charge in [-0.1, -0.05) is 18.2 Å². The first-order valence-corrected chi connectivity index (χ1v) is 7.45. The van der Waals surface area contributed by atoms with Crippen LogP contribution in [-0.2, 0) is 18.3 Å². The Balaban J connectivity index is 2.09. The monoisotopic (exact) mass is 328 g/mol. The molecule has 0 saturated carbocycles. The van der Waals surface area contributed by atoms with Crippen molar-refractivity contribution >= 4 is 16.9 Å². The molecule has 0 aliphatic rings. The number of halogens is 1. The number of aliphatic carboxylic acids is 1. The predicted octanol–water partition coefficient (Wildman–Crippen LogP) is 3.06. The fourth-order valence-electron chi connectivity index (χ4n) is 2.70. The molecule has 0 spiro atoms. The number of ether oxygens (including phenoxy) is 1. The number of aromatic nitrogens is 1. The number of carboxylic acid groups (broad SMARTS) is 1. The molecule has 24 heavy (non-hydrogen) atoms. The fourth-order valence-corrected chi connectivity index (χ4v) is 2.70. The van der Waals surface area contributed by atoms with Crippen LogP contribution in [0.15, 0.2) is 48.5 Å². The molecule has 1 heterocycles. The van der Waals surface area contributed by atoms with Crippen LogP contribution in [0.4, 0.5) is 4.39 Å². The van der Waals surface area contributed by atoms with Crippen LogP contribution >= 0.6 is 0 Å². The minimum Gasteiger partial charge on any atom is -0.480 e. The number of benzene rings is 2. The smallest absolute Gasteiger partial charge is 0.320 e. The Morgan fingerprint density at radius 3 is 2.58 bits per heavy atom. The number of carboxylic acids is 1. The fraction of sp³-hybridized carbons (Fsp3) is 0.167. The first kappa shape index (κ1) is 16.0. The quantitative estimate of drug-likeness (QED) is 0.754. The van der Waals surface area contributed by atoms with Gasteiger partial charge in [0.2, 0.25) is 5.88 Å². The number of para-hydroxylation sites is 1. The number of hydrogen-bond acceptors (Lipinski definition) is 3. The number of rotatable bonds is 5. The summed E-state index contributed by atoms with van der Waals surface area (Å²) in [5.74, 6) is -0.463. The predicted molar refractivity (Wildman–Crippen MR) is 88.7 cm³/mol. The minimum atomic E-state index is -1.07. The summed E-state index contributed by atoms with van der Waals surface area (Å²) in [6.45, 7) is 0. The van der Waals surface area contributed by atoms with Gasteiger partial charge in [-0.25, -0.2) is 4.39 Å². The third-order valence-corrected chi connectivity index (χ3v) is 3.92. The summed E-state index contributed by atoms with van der Waals surface area (Å²) in [5, 5.41) is 10.0. The number of aryl methyl sites for hydroxylation is 1. The van der Waals surface area contributed by atoms with Gasteiger partial charge in [-0.05, 0) is 30.3 Å². The molecule has 1 atom stereocenters. The third kappa shape index (κ3) is 2.96. The summed E-state index contributed by atoms with van der Waals surface area (Å²) in [7, 11) is 1.83. The highest BCUT2D eigenvalue weighted by molar-refractivity contribution is 5.88. The van der Waals surface area contributed by atoms with Crippen molar-refractivity contribution in [2.45, 2.75) is 12.5 Å². The van der Waals surface area contributed by atoms with Crippen LogP contribution < -0.4 is 10.5 Å². The van der Waals surface area contributed by atoms with E-state index in [1.54, 1.807) is 0 Å². The normalized spacial score (nSPS) is 12.3. The highest BCUT2D eigenvalue weighted by Crippen LogP contribution is 2.35. The van der Waals surface area contributed by atoms with Crippen LogP contribution in [0.3, 0.4) is 0 Å². The largest absolute Gasteiger partial charge is 0.480 e. The molecular weight excluding hydrogens is 311 g/mol. The van der Waals surface area contributed by atoms with Crippen LogP contribution in [-0.4, -0.2) is 21.7 Å². The van der Waals surface area contributed by atoms with E-state index in [1.807, 2.05) is 35.9 Å². The van der Waals surface area contributed by atoms with Gasteiger partial charge in [0.1, 0.15) is 17.6 Å². The zero-order chi connectivity index (χ0) is 17.3. The van der Waals surface area contributed by atoms with Crippen LogP contribution in [0.1, 0.15) is 5.56 Å². The van der Waals surface area contributed by atoms with Crippen molar-refractivity contribution in [2.24, 2.45) is 12.8 Å². The van der Waals surface area contributed by atoms with E-state index in [2.05, 4.69) is 0 Å². The van der Waals surface area contributed by atoms with E-state index in [0.29, 0.717) is 17.2 Å². The summed E-state index contributed by atoms with van der Waals surface area (Å²) in [4.78, 5) is 11.1. The summed E-state index contributed by atoms with van der Waals surface area (Å²) in [6.07, 6.45) is 0.132. The van der Waals surface area contributed by atoms with Gasteiger partial charge in [0, 0.05) is 24.4 Å². The lowest BCUT2D eigenvalue weighted by Gasteiger charge is -2.11. The maximum absolute atomic E-state index is 13.1. The molecule has 0 saturated heterocycles. The molecule has 124 valence electrons. The second kappa shape index (κ2) is 6.33. The van der Waals surface area contributed by atoms with Gasteiger partial charge in [0.05, 0.1) is 5.52 Å². The maximum Gasteiger partial charge on any atom is 0.320 e. The van der Waals surface area contributed by atoms with Gasteiger partial charge in [-0.15, -0.1) is 0 Å². The highest BCUT2D eigenvalue weighted by atomic mass is 19.1. The van der Waals surface area contributed by atoms with E-state index in [1.165, 1.54) is 24.3 Å². The lowest BCUT2D eigenvalue weighted by molar-refractivity contribution is -0.138. The first-order valence-electron chi connectivity index (χ1n) is 7.45. The summed E-state index contributed by atoms with van der Waals surface area (Å²) in [6, 6.07) is 12.2. The molecular formula is C18H17FN2O3. The molecule has 3 rings (SSSR count). The van der Waals surface area contributed by atoms with E-state index < -0.39 is 12.0 Å². The third-order valence-electron chi connectivity index (χ3n) is 3.92. The molecule has 0 aliphatic carbocycles. The molecule has 3 aromatic rings. The molecule has 3 N–H and O–H groups in total. The molecule has 1 aromatic heterocycles. The molecule has 0 fully saturated rings. The summed E-state index contributed by atoms with van der Waals surface area (Å²) in [5.41, 5.74) is 7.34. The molecule has 0 aliphatic heterocycles. The molecule has 0 bridgehead atoms. The van der Waals surface area contributed by atoms with Crippen molar-refractivity contribution in [1.82, 2.24) is 4.57 Å². The zero-order valence-electron chi connectivity index (χ0n) is 13.1. The van der Waals surface area contributed by atoms with Gasteiger partial charge < -0.3 is 20.1 Å². The Morgan fingerprint density at radius 1 is 1.25 bits per heavy atom. The average Bonchev–Trinajstić information content (AvgIpc) is 2.83. The van der Waals surface area contributed by atoms with Gasteiger partial charge in [0.25, 0.3) is 0 Å². The van der Waals surface area contributed by atoms with Crippen molar-refractivity contribution in [3.05, 3.63) is 59.9 Å². The summed E-state index contributed by atoms with van der Waals surface area (Å²) < 4.78 is 20.8. The van der Waals surface area contributed by atoms with Crippen molar-refractivity contribution in [1.29, 1.82) is 0 Å². The van der Waals surface area contributed by atoms with Crippen LogP contribution in [0.5, 0.6) is 11.6 Å². The molecule has 0 radical (unpaired) electrons. The molecule has 2 aromatic carbocycles. The van der Waals surface area contributed by atoms with E-state index in [0.717, 1.165) is 10.9 Å². The second-order valence-electron chi connectivity index (χ2n) is 5.56. The van der Waals surface area contributed by atoms with E-state index in [4.69, 9.17) is 15.6 Å². The molecule has 5 nitrogen and oxygen atoms in total. The first-order chi connectivity index (χ1) is 11.5. The Kier molecular flexibility index (Phi) is 4.22. The van der Waals surface area contributed by atoms with Crippen molar-refractivity contribution in [2.75, 3.05) is 0 Å². The maximum atomic E-state index is 13.1. The van der Waals surface area contributed by atoms with E-state index in [-0.39, 0.29) is 12.2 Å². The van der Waals surface area contributed by atoms with Crippen LogP contribution in [0, 0.1) is 5.82 Å². The van der Waals surface area contributed by atoms with Crippen LogP contribution in [0.2, 0.25) is 0 Å². The Bertz CT molecular complexity index is 887. The van der Waals surface area contributed by atoms with Gasteiger partial charge in [-0.2, -0.15) is 0 Å². The Labute approximate surface area is 138 Å². The summed E-state index contributed by atoms with van der Waals surface area (Å²) >= 11 is 0. The zero-order valence-corrected chi connectivity index (χ0v) is 13.1. The second-order valence-corrected chi connectivity index (χ2v) is 5.56. The van der Waals surface area contributed by atoms with Crippen molar-refractivity contribution in [3.8, 4) is 11.6 Å². The average molecular weight is 328 g/mol. The van der Waals surface area contributed by atoms with Crippen molar-refractivity contribution in [3.63, 3.8) is 0 Å². The number of nitrogens with zero attached hydrogens (tertiary/aromatic N) is 1. The Morgan fingerprint density at radius 2 is 1.92 bits per heavy atom. The topological polar surface area (TPSA) is 77.5 Å². The van der Waals surface area contributed by atoms with Crippen LogP contribution in [0.25, 0.3) is 10.9 Å². The number of carbonyl (C=O) groups is 1. The Hall–Kier alpha value is -2.86. The SMILES string of the molecule is Cn1c(Oc2ccc(F)cc2)c(CC(N)C(=O)O)c2ccccc21. The van der Waals surface area contributed by atoms with Gasteiger partial charge in [0.15, 0.2) is 0 Å². The minimum absolute atomic E-state index is 0.132. The number of hydrogen-bond donors (Lipinski definition) is 2. The number of nitrogens with two attached hydrogens (primary N) is 1. The van der Waals surface area contributed by atoms with E-state index in [9.17, 15) is 9.18 Å². The lowest BCUT2D eigenvalue weighted by atomic mass is 10.1. The van der Waals surface area contributed by atoms with E-state index >= 15 is 0 Å². The van der Waals surface area contributed by atoms with Crippen molar-refractivity contribution < 1.29 is 19.0 Å². The number of fused-ring (bicyclic) bond motifs is 1.